The second-order valence-electron chi connectivity index (χ2n) is 1.13. The molecular formula is C2H4Cl2NOPS. The second kappa shape index (κ2) is 3.02. The summed E-state index contributed by atoms with van der Waals surface area (Å²) in [6, 6.07) is 0. The predicted octanol–water partition coefficient (Wildman–Crippen LogP) is 1.82. The van der Waals surface area contributed by atoms with Gasteiger partial charge in [-0.05, 0) is 34.3 Å². The van der Waals surface area contributed by atoms with Gasteiger partial charge in [-0.2, -0.15) is 0 Å². The van der Waals surface area contributed by atoms with Crippen LogP contribution >= 0.6 is 27.4 Å². The fourth-order valence-electron chi connectivity index (χ4n) is 0.183. The highest BCUT2D eigenvalue weighted by atomic mass is 35.9. The van der Waals surface area contributed by atoms with Crippen molar-refractivity contribution >= 4 is 45.1 Å². The summed E-state index contributed by atoms with van der Waals surface area (Å²) in [5, 5.41) is 2.20. The molecule has 0 fully saturated rings. The predicted molar refractivity (Wildman–Crippen MR) is 39.8 cm³/mol. The first-order valence-electron chi connectivity index (χ1n) is 1.70. The van der Waals surface area contributed by atoms with Gasteiger partial charge >= 0.3 is 0 Å². The molecule has 0 atom stereocenters. The molecule has 0 bridgehead atoms. The SMILES string of the molecule is CC(=O)NP(=S)(Cl)Cl. The Labute approximate surface area is 62.2 Å². The molecule has 0 aromatic carbocycles. The monoisotopic (exact) mass is 191 g/mol. The molecule has 0 saturated heterocycles. The van der Waals surface area contributed by atoms with Gasteiger partial charge in [-0.25, -0.2) is 0 Å². The molecule has 1 amide bonds. The van der Waals surface area contributed by atoms with Crippen LogP contribution in [0.1, 0.15) is 6.92 Å². The third-order valence-electron chi connectivity index (χ3n) is 0.288. The maximum Gasteiger partial charge on any atom is 0.222 e. The highest BCUT2D eigenvalue weighted by molar-refractivity contribution is 8.38. The van der Waals surface area contributed by atoms with Gasteiger partial charge in [0.05, 0.1) is 0 Å². The van der Waals surface area contributed by atoms with Crippen LogP contribution in [0.3, 0.4) is 0 Å². The van der Waals surface area contributed by atoms with Crippen LogP contribution in [0, 0.1) is 0 Å². The van der Waals surface area contributed by atoms with Crippen LogP contribution < -0.4 is 5.09 Å². The van der Waals surface area contributed by atoms with E-state index in [0.717, 1.165) is 0 Å². The van der Waals surface area contributed by atoms with E-state index in [9.17, 15) is 4.79 Å². The van der Waals surface area contributed by atoms with Crippen molar-refractivity contribution in [2.45, 2.75) is 6.92 Å². The van der Waals surface area contributed by atoms with Crippen LogP contribution in [-0.2, 0) is 16.6 Å². The maximum absolute atomic E-state index is 10.1. The van der Waals surface area contributed by atoms with Gasteiger partial charge in [0, 0.05) is 6.92 Å². The van der Waals surface area contributed by atoms with Crippen LogP contribution in [0.25, 0.3) is 0 Å². The Bertz CT molecular complexity index is 143. The lowest BCUT2D eigenvalue weighted by atomic mass is 10.8. The maximum atomic E-state index is 10.1. The number of hydrogen-bond acceptors (Lipinski definition) is 2. The topological polar surface area (TPSA) is 29.1 Å². The van der Waals surface area contributed by atoms with Crippen molar-refractivity contribution in [3.8, 4) is 0 Å². The van der Waals surface area contributed by atoms with Crippen LogP contribution in [0.4, 0.5) is 0 Å². The van der Waals surface area contributed by atoms with E-state index in [4.69, 9.17) is 22.5 Å². The van der Waals surface area contributed by atoms with Gasteiger partial charge in [0.15, 0.2) is 0 Å². The number of rotatable bonds is 1. The quantitative estimate of drug-likeness (QED) is 0.642. The first-order chi connectivity index (χ1) is 3.42. The van der Waals surface area contributed by atoms with Gasteiger partial charge in [0.2, 0.25) is 10.8 Å². The van der Waals surface area contributed by atoms with Gasteiger partial charge in [-0.3, -0.25) is 4.79 Å². The van der Waals surface area contributed by atoms with Crippen LogP contribution in [0.2, 0.25) is 0 Å². The Morgan fingerprint density at radius 3 is 2.12 bits per heavy atom. The molecule has 0 saturated carbocycles. The Balaban J connectivity index is 3.74. The van der Waals surface area contributed by atoms with Crippen molar-refractivity contribution in [2.75, 3.05) is 0 Å². The third kappa shape index (κ3) is 6.70. The van der Waals surface area contributed by atoms with Crippen LogP contribution in [0.5, 0.6) is 0 Å². The fraction of sp³-hybridized carbons (Fsp3) is 0.500. The average molecular weight is 192 g/mol. The summed E-state index contributed by atoms with van der Waals surface area (Å²) in [5.41, 5.74) is 0. The van der Waals surface area contributed by atoms with Crippen molar-refractivity contribution < 1.29 is 4.79 Å². The molecule has 0 aromatic rings. The summed E-state index contributed by atoms with van der Waals surface area (Å²) in [6.07, 6.45) is 0. The molecule has 0 heterocycles. The number of carbonyl (C=O) groups is 1. The van der Waals surface area contributed by atoms with Gasteiger partial charge in [-0.1, -0.05) is 0 Å². The Kier molecular flexibility index (Phi) is 3.28. The molecule has 0 rings (SSSR count). The highest BCUT2D eigenvalue weighted by Crippen LogP contribution is 2.52. The summed E-state index contributed by atoms with van der Waals surface area (Å²) in [4.78, 5) is 7.60. The van der Waals surface area contributed by atoms with E-state index in [0.29, 0.717) is 0 Å². The lowest BCUT2D eigenvalue weighted by molar-refractivity contribution is -0.117. The molecule has 6 heteroatoms. The fourth-order valence-corrected chi connectivity index (χ4v) is 1.65. The molecular weight excluding hydrogens is 188 g/mol. The summed E-state index contributed by atoms with van der Waals surface area (Å²) in [6.45, 7) is 1.31. The third-order valence-corrected chi connectivity index (χ3v) is 1.64. The lowest BCUT2D eigenvalue weighted by Crippen LogP contribution is -2.10. The van der Waals surface area contributed by atoms with E-state index in [1.165, 1.54) is 6.92 Å². The van der Waals surface area contributed by atoms with E-state index < -0.39 is 4.89 Å². The Morgan fingerprint density at radius 2 is 2.12 bits per heavy atom. The summed E-state index contributed by atoms with van der Waals surface area (Å²) in [5.74, 6) is -0.293. The molecule has 0 unspecified atom stereocenters. The summed E-state index contributed by atoms with van der Waals surface area (Å²) >= 11 is 15.0. The standard InChI is InChI=1S/C2H4Cl2NOPS/c1-2(6)5-7(3,4)8/h1H3,(H,5,6,8). The summed E-state index contributed by atoms with van der Waals surface area (Å²) in [7, 11) is 0. The van der Waals surface area contributed by atoms with Gasteiger partial charge < -0.3 is 5.09 Å². The Hall–Kier alpha value is 0.700. The van der Waals surface area contributed by atoms with E-state index in [2.05, 4.69) is 16.9 Å². The Morgan fingerprint density at radius 1 is 1.75 bits per heavy atom. The molecule has 0 aliphatic carbocycles. The van der Waals surface area contributed by atoms with Crippen molar-refractivity contribution in [1.29, 1.82) is 0 Å². The zero-order chi connectivity index (χ0) is 6.78. The highest BCUT2D eigenvalue weighted by Gasteiger charge is 2.07. The molecule has 48 valence electrons. The van der Waals surface area contributed by atoms with E-state index in [1.54, 1.807) is 0 Å². The number of hydrogen-bond donors (Lipinski definition) is 1. The molecule has 0 aromatic heterocycles. The normalized spacial score (nSPS) is 10.9. The zero-order valence-corrected chi connectivity index (χ0v) is 7.24. The van der Waals surface area contributed by atoms with Crippen molar-refractivity contribution in [3.05, 3.63) is 0 Å². The largest absolute Gasteiger partial charge is 0.305 e. The number of amides is 1. The minimum absolute atomic E-state index is 0.293. The van der Waals surface area contributed by atoms with Gasteiger partial charge in [-0.15, -0.1) is 0 Å². The van der Waals surface area contributed by atoms with Crippen molar-refractivity contribution in [2.24, 2.45) is 0 Å². The molecule has 0 spiro atoms. The molecule has 2 nitrogen and oxygen atoms in total. The van der Waals surface area contributed by atoms with Gasteiger partial charge in [0.25, 0.3) is 0 Å². The second-order valence-corrected chi connectivity index (χ2v) is 8.69. The first kappa shape index (κ1) is 8.70. The molecule has 0 aliphatic heterocycles. The molecule has 8 heavy (non-hydrogen) atoms. The van der Waals surface area contributed by atoms with Gasteiger partial charge in [0.1, 0.15) is 0 Å². The number of carbonyl (C=O) groups excluding carboxylic acids is 1. The zero-order valence-electron chi connectivity index (χ0n) is 4.02. The van der Waals surface area contributed by atoms with Crippen molar-refractivity contribution in [3.63, 3.8) is 0 Å². The van der Waals surface area contributed by atoms with Crippen molar-refractivity contribution in [1.82, 2.24) is 5.09 Å². The smallest absolute Gasteiger partial charge is 0.222 e. The van der Waals surface area contributed by atoms with E-state index in [-0.39, 0.29) is 5.91 Å². The molecule has 0 aliphatic rings. The lowest BCUT2D eigenvalue weighted by Gasteiger charge is -2.02. The minimum atomic E-state index is -2.54. The summed E-state index contributed by atoms with van der Waals surface area (Å²) < 4.78 is 0. The van der Waals surface area contributed by atoms with E-state index in [1.807, 2.05) is 0 Å². The molecule has 0 radical (unpaired) electrons. The number of nitrogens with one attached hydrogen (secondary N) is 1. The minimum Gasteiger partial charge on any atom is -0.305 e. The average Bonchev–Trinajstić information content (AvgIpc) is 1.21. The van der Waals surface area contributed by atoms with Crippen LogP contribution in [0.15, 0.2) is 0 Å². The van der Waals surface area contributed by atoms with Crippen LogP contribution in [-0.4, -0.2) is 5.91 Å². The molecule has 1 N–H and O–H groups in total. The number of halogens is 2. The first-order valence-corrected chi connectivity index (χ1v) is 6.31. The van der Waals surface area contributed by atoms with E-state index >= 15 is 0 Å².